The number of carbonyl (C=O) groups is 1. The Kier molecular flexibility index (Phi) is 5.55. The summed E-state index contributed by atoms with van der Waals surface area (Å²) in [5.41, 5.74) is 1.11. The van der Waals surface area contributed by atoms with Gasteiger partial charge in [-0.15, -0.1) is 0 Å². The van der Waals surface area contributed by atoms with Crippen LogP contribution in [0.4, 0.5) is 13.2 Å². The van der Waals surface area contributed by atoms with Crippen LogP contribution >= 0.6 is 0 Å². The van der Waals surface area contributed by atoms with E-state index in [1.165, 1.54) is 12.1 Å². The summed E-state index contributed by atoms with van der Waals surface area (Å²) in [7, 11) is 1.84. The van der Waals surface area contributed by atoms with Gasteiger partial charge in [0, 0.05) is 38.3 Å². The molecule has 0 aliphatic carbocycles. The van der Waals surface area contributed by atoms with Crippen molar-refractivity contribution in [3.8, 4) is 0 Å². The van der Waals surface area contributed by atoms with Gasteiger partial charge in [-0.1, -0.05) is 12.1 Å². The van der Waals surface area contributed by atoms with E-state index >= 15 is 0 Å². The van der Waals surface area contributed by atoms with Crippen molar-refractivity contribution in [2.24, 2.45) is 13.0 Å². The molecule has 5 nitrogen and oxygen atoms in total. The SMILES string of the molecule is CC(Cc1ccc(C(F)(F)F)cc1)NC(=O)[C@H]1CNC[C@@H]1c1cnn(C)c1. The minimum atomic E-state index is -4.34. The van der Waals surface area contributed by atoms with E-state index < -0.39 is 11.7 Å². The number of aryl methyl sites for hydroxylation is 1. The molecule has 146 valence electrons. The van der Waals surface area contributed by atoms with E-state index in [1.807, 2.05) is 20.2 Å². The number of rotatable bonds is 5. The van der Waals surface area contributed by atoms with Gasteiger partial charge in [0.05, 0.1) is 17.7 Å². The largest absolute Gasteiger partial charge is 0.416 e. The highest BCUT2D eigenvalue weighted by molar-refractivity contribution is 5.80. The monoisotopic (exact) mass is 380 g/mol. The highest BCUT2D eigenvalue weighted by Crippen LogP contribution is 2.30. The number of benzene rings is 1. The topological polar surface area (TPSA) is 59.0 Å². The van der Waals surface area contributed by atoms with E-state index in [2.05, 4.69) is 15.7 Å². The number of halogens is 3. The fourth-order valence-electron chi connectivity index (χ4n) is 3.52. The van der Waals surface area contributed by atoms with E-state index in [-0.39, 0.29) is 23.8 Å². The van der Waals surface area contributed by atoms with Gasteiger partial charge in [-0.3, -0.25) is 9.48 Å². The lowest BCUT2D eigenvalue weighted by molar-refractivity contribution is -0.137. The summed E-state index contributed by atoms with van der Waals surface area (Å²) in [6.07, 6.45) is -0.163. The molecule has 1 amide bonds. The average Bonchev–Trinajstić information content (AvgIpc) is 3.22. The predicted molar refractivity (Wildman–Crippen MR) is 95.1 cm³/mol. The number of aromatic nitrogens is 2. The first-order chi connectivity index (χ1) is 12.7. The van der Waals surface area contributed by atoms with E-state index in [9.17, 15) is 18.0 Å². The van der Waals surface area contributed by atoms with Gasteiger partial charge in [0.25, 0.3) is 0 Å². The average molecular weight is 380 g/mol. The summed E-state index contributed by atoms with van der Waals surface area (Å²) in [5, 5.41) is 10.4. The third-order valence-electron chi connectivity index (χ3n) is 4.92. The minimum absolute atomic E-state index is 0.0479. The maximum Gasteiger partial charge on any atom is 0.416 e. The zero-order valence-electron chi connectivity index (χ0n) is 15.3. The van der Waals surface area contributed by atoms with Crippen LogP contribution in [0.2, 0.25) is 0 Å². The van der Waals surface area contributed by atoms with Crippen molar-refractivity contribution in [3.05, 3.63) is 53.3 Å². The van der Waals surface area contributed by atoms with E-state index in [4.69, 9.17) is 0 Å². The molecular weight excluding hydrogens is 357 g/mol. The van der Waals surface area contributed by atoms with Gasteiger partial charge < -0.3 is 10.6 Å². The second-order valence-electron chi connectivity index (χ2n) is 7.13. The zero-order valence-corrected chi connectivity index (χ0v) is 15.3. The third-order valence-corrected chi connectivity index (χ3v) is 4.92. The van der Waals surface area contributed by atoms with Gasteiger partial charge in [-0.2, -0.15) is 18.3 Å². The second kappa shape index (κ2) is 7.72. The van der Waals surface area contributed by atoms with Crippen LogP contribution in [-0.2, 0) is 24.4 Å². The molecule has 1 aliphatic rings. The molecule has 0 spiro atoms. The van der Waals surface area contributed by atoms with Gasteiger partial charge in [-0.25, -0.2) is 0 Å². The van der Waals surface area contributed by atoms with Crippen molar-refractivity contribution in [1.82, 2.24) is 20.4 Å². The zero-order chi connectivity index (χ0) is 19.6. The van der Waals surface area contributed by atoms with Crippen LogP contribution in [0.1, 0.15) is 29.5 Å². The molecular formula is C19H23F3N4O. The first kappa shape index (κ1) is 19.4. The van der Waals surface area contributed by atoms with Crippen molar-refractivity contribution >= 4 is 5.91 Å². The van der Waals surface area contributed by atoms with E-state index in [0.29, 0.717) is 13.0 Å². The normalized spacial score (nSPS) is 21.2. The number of amides is 1. The third kappa shape index (κ3) is 4.68. The number of nitrogens with one attached hydrogen (secondary N) is 2. The van der Waals surface area contributed by atoms with Crippen molar-refractivity contribution < 1.29 is 18.0 Å². The Morgan fingerprint density at radius 3 is 2.63 bits per heavy atom. The molecule has 3 atom stereocenters. The first-order valence-electron chi connectivity index (χ1n) is 8.90. The summed E-state index contributed by atoms with van der Waals surface area (Å²) >= 11 is 0. The quantitative estimate of drug-likeness (QED) is 0.838. The van der Waals surface area contributed by atoms with Crippen molar-refractivity contribution in [1.29, 1.82) is 0 Å². The number of hydrogen-bond donors (Lipinski definition) is 2. The van der Waals surface area contributed by atoms with Crippen LogP contribution in [0, 0.1) is 5.92 Å². The predicted octanol–water partition coefficient (Wildman–Crippen LogP) is 2.49. The molecule has 0 saturated carbocycles. The van der Waals surface area contributed by atoms with Gasteiger partial charge in [0.1, 0.15) is 0 Å². The van der Waals surface area contributed by atoms with Crippen molar-refractivity contribution in [2.75, 3.05) is 13.1 Å². The molecule has 1 aliphatic heterocycles. The lowest BCUT2D eigenvalue weighted by atomic mass is 9.90. The maximum absolute atomic E-state index is 12.7. The molecule has 27 heavy (non-hydrogen) atoms. The van der Waals surface area contributed by atoms with Crippen molar-refractivity contribution in [3.63, 3.8) is 0 Å². The number of hydrogen-bond acceptors (Lipinski definition) is 3. The van der Waals surface area contributed by atoms with Crippen LogP contribution in [-0.4, -0.2) is 34.8 Å². The molecule has 8 heteroatoms. The summed E-state index contributed by atoms with van der Waals surface area (Å²) < 4.78 is 39.6. The van der Waals surface area contributed by atoms with Crippen LogP contribution in [0.3, 0.4) is 0 Å². The molecule has 1 aromatic heterocycles. The highest BCUT2D eigenvalue weighted by Gasteiger charge is 2.35. The molecule has 1 saturated heterocycles. The smallest absolute Gasteiger partial charge is 0.353 e. The Morgan fingerprint density at radius 1 is 1.33 bits per heavy atom. The van der Waals surface area contributed by atoms with Crippen LogP contribution < -0.4 is 10.6 Å². The standard InChI is InChI=1S/C19H23F3N4O/c1-12(7-13-3-5-15(6-4-13)19(20,21)22)25-18(27)17-10-23-9-16(17)14-8-24-26(2)11-14/h3-6,8,11-12,16-17,23H,7,9-10H2,1-2H3,(H,25,27)/t12?,16-,17+/m1/s1. The summed E-state index contributed by atoms with van der Waals surface area (Å²) in [6, 6.07) is 4.89. The molecule has 1 aromatic carbocycles. The molecule has 2 N–H and O–H groups in total. The number of alkyl halides is 3. The lowest BCUT2D eigenvalue weighted by Gasteiger charge is -2.21. The fraction of sp³-hybridized carbons (Fsp3) is 0.474. The highest BCUT2D eigenvalue weighted by atomic mass is 19.4. The van der Waals surface area contributed by atoms with Crippen LogP contribution in [0.15, 0.2) is 36.7 Å². The maximum atomic E-state index is 12.7. The fourth-order valence-corrected chi connectivity index (χ4v) is 3.52. The number of carbonyl (C=O) groups excluding carboxylic acids is 1. The first-order valence-corrected chi connectivity index (χ1v) is 8.90. The van der Waals surface area contributed by atoms with E-state index in [1.54, 1.807) is 10.9 Å². The Balaban J connectivity index is 1.58. The van der Waals surface area contributed by atoms with Gasteiger partial charge in [0.15, 0.2) is 0 Å². The molecule has 2 aromatic rings. The molecule has 1 fully saturated rings. The van der Waals surface area contributed by atoms with Crippen molar-refractivity contribution in [2.45, 2.75) is 31.5 Å². The van der Waals surface area contributed by atoms with Gasteiger partial charge in [0.2, 0.25) is 5.91 Å². The minimum Gasteiger partial charge on any atom is -0.353 e. The van der Waals surface area contributed by atoms with Crippen LogP contribution in [0.5, 0.6) is 0 Å². The lowest BCUT2D eigenvalue weighted by Crippen LogP contribution is -2.40. The van der Waals surface area contributed by atoms with Crippen LogP contribution in [0.25, 0.3) is 0 Å². The summed E-state index contributed by atoms with van der Waals surface area (Å²) in [4.78, 5) is 12.7. The van der Waals surface area contributed by atoms with Gasteiger partial charge in [-0.05, 0) is 36.6 Å². The molecule has 2 heterocycles. The number of nitrogens with zero attached hydrogens (tertiary/aromatic N) is 2. The second-order valence-corrected chi connectivity index (χ2v) is 7.13. The summed E-state index contributed by atoms with van der Waals surface area (Å²) in [5.74, 6) is -0.172. The molecule has 3 rings (SSSR count). The Labute approximate surface area is 155 Å². The Bertz CT molecular complexity index is 785. The molecule has 0 radical (unpaired) electrons. The Hall–Kier alpha value is -2.35. The molecule has 1 unspecified atom stereocenters. The Morgan fingerprint density at radius 2 is 2.04 bits per heavy atom. The summed E-state index contributed by atoms with van der Waals surface area (Å²) in [6.45, 7) is 3.17. The van der Waals surface area contributed by atoms with Gasteiger partial charge >= 0.3 is 6.18 Å². The molecule has 0 bridgehead atoms. The van der Waals surface area contributed by atoms with E-state index in [0.717, 1.165) is 29.8 Å².